The fourth-order valence-electron chi connectivity index (χ4n) is 4.79. The second-order valence-electron chi connectivity index (χ2n) is 8.51. The van der Waals surface area contributed by atoms with Crippen molar-refractivity contribution in [3.05, 3.63) is 39.8 Å². The molecule has 8 nitrogen and oxygen atoms in total. The van der Waals surface area contributed by atoms with Gasteiger partial charge < -0.3 is 14.5 Å². The normalized spacial score (nSPS) is 21.2. The molecule has 0 aliphatic carbocycles. The van der Waals surface area contributed by atoms with Gasteiger partial charge in [-0.3, -0.25) is 4.79 Å². The van der Waals surface area contributed by atoms with Crippen LogP contribution in [-0.4, -0.2) is 52.1 Å². The third-order valence-corrected chi connectivity index (χ3v) is 7.33. The van der Waals surface area contributed by atoms with Crippen LogP contribution in [0.25, 0.3) is 5.65 Å². The van der Waals surface area contributed by atoms with E-state index in [0.717, 1.165) is 61.5 Å². The molecule has 0 aromatic carbocycles. The van der Waals surface area contributed by atoms with E-state index in [1.54, 1.807) is 7.11 Å². The van der Waals surface area contributed by atoms with Crippen molar-refractivity contribution in [1.82, 2.24) is 19.5 Å². The predicted molar refractivity (Wildman–Crippen MR) is 122 cm³/mol. The average Bonchev–Trinajstić information content (AvgIpc) is 3.56. The van der Waals surface area contributed by atoms with Crippen LogP contribution >= 0.6 is 11.3 Å². The highest BCUT2D eigenvalue weighted by Gasteiger charge is 2.33. The zero-order chi connectivity index (χ0) is 22.2. The summed E-state index contributed by atoms with van der Waals surface area (Å²) in [5.41, 5.74) is 2.67. The number of anilines is 1. The lowest BCUT2D eigenvalue weighted by Gasteiger charge is -2.34. The summed E-state index contributed by atoms with van der Waals surface area (Å²) in [6.07, 6.45) is 5.80. The highest BCUT2D eigenvalue weighted by atomic mass is 32.1. The first-order chi connectivity index (χ1) is 15.6. The predicted octanol–water partition coefficient (Wildman–Crippen LogP) is 3.83. The summed E-state index contributed by atoms with van der Waals surface area (Å²) >= 11 is 1.42. The number of ether oxygens (including phenoxy) is 1. The van der Waals surface area contributed by atoms with E-state index < -0.39 is 0 Å². The number of rotatable bonds is 4. The van der Waals surface area contributed by atoms with E-state index in [9.17, 15) is 10.1 Å². The standard InChI is InChI=1S/C23H26N6O2S/c1-15-13-29-20(25-22(15)27-9-6-16(12-24)14-27)11-17(26-29)18-5-3-4-8-28(18)23(30)21-19(31-2)7-10-32-21/h7,10-11,13,16,18H,3-6,8-9,14H2,1-2H3/t16?,18-/m0/s1. The molecule has 1 unspecified atom stereocenters. The topological polar surface area (TPSA) is 86.8 Å². The zero-order valence-electron chi connectivity index (χ0n) is 18.3. The summed E-state index contributed by atoms with van der Waals surface area (Å²) in [5, 5.41) is 15.9. The molecule has 3 aromatic rings. The number of aryl methyl sites for hydroxylation is 1. The molecular weight excluding hydrogens is 424 g/mol. The minimum absolute atomic E-state index is 0.00282. The minimum atomic E-state index is -0.0803. The monoisotopic (exact) mass is 450 g/mol. The van der Waals surface area contributed by atoms with Crippen LogP contribution < -0.4 is 9.64 Å². The van der Waals surface area contributed by atoms with Crippen LogP contribution in [0.4, 0.5) is 5.82 Å². The average molecular weight is 451 g/mol. The molecule has 0 N–H and O–H groups in total. The molecule has 166 valence electrons. The third kappa shape index (κ3) is 3.58. The van der Waals surface area contributed by atoms with Gasteiger partial charge in [0.1, 0.15) is 16.4 Å². The van der Waals surface area contributed by atoms with Gasteiger partial charge in [0.2, 0.25) is 0 Å². The summed E-state index contributed by atoms with van der Waals surface area (Å²) in [7, 11) is 1.60. The molecule has 2 aliphatic heterocycles. The number of carbonyl (C=O) groups excluding carboxylic acids is 1. The summed E-state index contributed by atoms with van der Waals surface area (Å²) in [4.78, 5) is 23.0. The molecule has 0 spiro atoms. The molecule has 1 amide bonds. The Bertz CT molecular complexity index is 1200. The van der Waals surface area contributed by atoms with Crippen LogP contribution in [0.3, 0.4) is 0 Å². The Hall–Kier alpha value is -3.12. The second kappa shape index (κ2) is 8.43. The molecule has 2 atom stereocenters. The Labute approximate surface area is 191 Å². The molecule has 2 aliphatic rings. The molecule has 2 fully saturated rings. The van der Waals surface area contributed by atoms with Gasteiger partial charge in [0.15, 0.2) is 5.65 Å². The Morgan fingerprint density at radius 3 is 2.97 bits per heavy atom. The van der Waals surface area contributed by atoms with Gasteiger partial charge in [-0.1, -0.05) is 0 Å². The minimum Gasteiger partial charge on any atom is -0.495 e. The lowest BCUT2D eigenvalue weighted by Crippen LogP contribution is -2.38. The van der Waals surface area contributed by atoms with Crippen LogP contribution in [0.1, 0.15) is 52.7 Å². The molecule has 9 heteroatoms. The number of amides is 1. The number of nitrogens with zero attached hydrogens (tertiary/aromatic N) is 6. The van der Waals surface area contributed by atoms with Gasteiger partial charge in [-0.05, 0) is 44.1 Å². The SMILES string of the molecule is COc1ccsc1C(=O)N1CCCC[C@H]1c1cc2nc(N3CCC(C#N)C3)c(C)cn2n1. The first-order valence-electron chi connectivity index (χ1n) is 11.0. The quantitative estimate of drug-likeness (QED) is 0.601. The number of methoxy groups -OCH3 is 1. The molecule has 5 heterocycles. The Morgan fingerprint density at radius 2 is 2.19 bits per heavy atom. The molecule has 2 saturated heterocycles. The van der Waals surface area contributed by atoms with Gasteiger partial charge in [-0.15, -0.1) is 11.3 Å². The van der Waals surface area contributed by atoms with E-state index in [2.05, 4.69) is 11.0 Å². The number of hydrogen-bond acceptors (Lipinski definition) is 7. The van der Waals surface area contributed by atoms with E-state index in [-0.39, 0.29) is 17.9 Å². The van der Waals surface area contributed by atoms with E-state index >= 15 is 0 Å². The van der Waals surface area contributed by atoms with Gasteiger partial charge in [0.25, 0.3) is 5.91 Å². The number of carbonyl (C=O) groups is 1. The zero-order valence-corrected chi connectivity index (χ0v) is 19.1. The van der Waals surface area contributed by atoms with Crippen molar-refractivity contribution in [2.24, 2.45) is 5.92 Å². The molecule has 32 heavy (non-hydrogen) atoms. The number of likely N-dealkylation sites (tertiary alicyclic amines) is 1. The van der Waals surface area contributed by atoms with Crippen molar-refractivity contribution in [1.29, 1.82) is 5.26 Å². The van der Waals surface area contributed by atoms with E-state index in [1.165, 1.54) is 11.3 Å². The van der Waals surface area contributed by atoms with Crippen LogP contribution in [0.5, 0.6) is 5.75 Å². The van der Waals surface area contributed by atoms with Crippen molar-refractivity contribution in [3.8, 4) is 11.8 Å². The molecule has 0 radical (unpaired) electrons. The fourth-order valence-corrected chi connectivity index (χ4v) is 5.60. The van der Waals surface area contributed by atoms with Crippen molar-refractivity contribution in [3.63, 3.8) is 0 Å². The van der Waals surface area contributed by atoms with Gasteiger partial charge in [-0.25, -0.2) is 9.50 Å². The van der Waals surface area contributed by atoms with Crippen molar-refractivity contribution in [2.75, 3.05) is 31.6 Å². The smallest absolute Gasteiger partial charge is 0.268 e. The largest absolute Gasteiger partial charge is 0.495 e. The first kappa shape index (κ1) is 20.8. The number of fused-ring (bicyclic) bond motifs is 1. The van der Waals surface area contributed by atoms with Crippen molar-refractivity contribution in [2.45, 2.75) is 38.6 Å². The van der Waals surface area contributed by atoms with Crippen LogP contribution in [-0.2, 0) is 0 Å². The fraction of sp³-hybridized carbons (Fsp3) is 0.478. The maximum Gasteiger partial charge on any atom is 0.268 e. The molecular formula is C23H26N6O2S. The Balaban J connectivity index is 1.46. The summed E-state index contributed by atoms with van der Waals surface area (Å²) in [6, 6.07) is 6.13. The van der Waals surface area contributed by atoms with Gasteiger partial charge in [0, 0.05) is 37.5 Å². The first-order valence-corrected chi connectivity index (χ1v) is 11.9. The lowest BCUT2D eigenvalue weighted by atomic mass is 9.99. The summed E-state index contributed by atoms with van der Waals surface area (Å²) in [5.74, 6) is 1.61. The second-order valence-corrected chi connectivity index (χ2v) is 9.42. The number of piperidine rings is 1. The van der Waals surface area contributed by atoms with Crippen molar-refractivity contribution >= 4 is 28.7 Å². The van der Waals surface area contributed by atoms with Crippen LogP contribution in [0.15, 0.2) is 23.7 Å². The summed E-state index contributed by atoms with van der Waals surface area (Å²) in [6.45, 7) is 4.30. The van der Waals surface area contributed by atoms with E-state index in [0.29, 0.717) is 17.2 Å². The van der Waals surface area contributed by atoms with E-state index in [1.807, 2.05) is 40.0 Å². The number of aromatic nitrogens is 3. The van der Waals surface area contributed by atoms with E-state index in [4.69, 9.17) is 14.8 Å². The summed E-state index contributed by atoms with van der Waals surface area (Å²) < 4.78 is 7.20. The maximum absolute atomic E-state index is 13.4. The highest BCUT2D eigenvalue weighted by Crippen LogP contribution is 2.35. The molecule has 5 rings (SSSR count). The molecule has 3 aromatic heterocycles. The highest BCUT2D eigenvalue weighted by molar-refractivity contribution is 7.12. The number of hydrogen-bond donors (Lipinski definition) is 0. The number of thiophene rings is 1. The Kier molecular flexibility index (Phi) is 5.47. The Morgan fingerprint density at radius 1 is 1.31 bits per heavy atom. The van der Waals surface area contributed by atoms with Gasteiger partial charge >= 0.3 is 0 Å². The van der Waals surface area contributed by atoms with Gasteiger partial charge in [-0.2, -0.15) is 10.4 Å². The maximum atomic E-state index is 13.4. The molecule has 0 saturated carbocycles. The molecule has 0 bridgehead atoms. The van der Waals surface area contributed by atoms with Crippen LogP contribution in [0.2, 0.25) is 0 Å². The van der Waals surface area contributed by atoms with Crippen molar-refractivity contribution < 1.29 is 9.53 Å². The number of nitriles is 1. The lowest BCUT2D eigenvalue weighted by molar-refractivity contribution is 0.0608. The van der Waals surface area contributed by atoms with Crippen LogP contribution in [0, 0.1) is 24.2 Å². The van der Waals surface area contributed by atoms with Gasteiger partial charge in [0.05, 0.1) is 30.8 Å². The third-order valence-electron chi connectivity index (χ3n) is 6.44.